The monoisotopic (exact) mass is 323 g/mol. The fourth-order valence-electron chi connectivity index (χ4n) is 3.45. The van der Waals surface area contributed by atoms with Gasteiger partial charge in [-0.25, -0.2) is 0 Å². The van der Waals surface area contributed by atoms with Gasteiger partial charge >= 0.3 is 0 Å². The van der Waals surface area contributed by atoms with Gasteiger partial charge < -0.3 is 10.1 Å². The Morgan fingerprint density at radius 2 is 2.05 bits per heavy atom. The largest absolute Gasteiger partial charge is 0.493 e. The zero-order valence-electron chi connectivity index (χ0n) is 11.5. The lowest BCUT2D eigenvalue weighted by Crippen LogP contribution is -2.37. The SMILES string of the molecule is C[C@H](NC1CCOc2ccc(Br)cc21)C1CCCC1. The van der Waals surface area contributed by atoms with Crippen LogP contribution < -0.4 is 10.1 Å². The van der Waals surface area contributed by atoms with Gasteiger partial charge in [0.2, 0.25) is 0 Å². The lowest BCUT2D eigenvalue weighted by Gasteiger charge is -2.31. The van der Waals surface area contributed by atoms with E-state index in [1.54, 1.807) is 0 Å². The van der Waals surface area contributed by atoms with Crippen molar-refractivity contribution in [2.45, 2.75) is 51.1 Å². The Bertz CT molecular complexity index is 442. The Morgan fingerprint density at radius 3 is 2.84 bits per heavy atom. The second-order valence-electron chi connectivity index (χ2n) is 5.87. The summed E-state index contributed by atoms with van der Waals surface area (Å²) in [6.45, 7) is 3.17. The number of hydrogen-bond acceptors (Lipinski definition) is 2. The molecule has 1 saturated carbocycles. The Balaban J connectivity index is 1.73. The summed E-state index contributed by atoms with van der Waals surface area (Å²) in [6.07, 6.45) is 6.67. The molecule has 0 amide bonds. The summed E-state index contributed by atoms with van der Waals surface area (Å²) in [5.41, 5.74) is 1.31. The van der Waals surface area contributed by atoms with E-state index in [-0.39, 0.29) is 0 Å². The molecule has 0 bridgehead atoms. The molecule has 0 spiro atoms. The maximum atomic E-state index is 5.75. The van der Waals surface area contributed by atoms with Crippen molar-refractivity contribution in [3.63, 3.8) is 0 Å². The first-order valence-electron chi connectivity index (χ1n) is 7.42. The van der Waals surface area contributed by atoms with Crippen molar-refractivity contribution in [2.75, 3.05) is 6.61 Å². The average molecular weight is 324 g/mol. The molecule has 1 aromatic carbocycles. The van der Waals surface area contributed by atoms with Crippen molar-refractivity contribution in [3.05, 3.63) is 28.2 Å². The molecule has 1 aliphatic heterocycles. The molecule has 1 unspecified atom stereocenters. The maximum Gasteiger partial charge on any atom is 0.124 e. The predicted octanol–water partition coefficient (Wildman–Crippen LogP) is 4.44. The van der Waals surface area contributed by atoms with Crippen LogP contribution in [0.3, 0.4) is 0 Å². The van der Waals surface area contributed by atoms with Gasteiger partial charge in [-0.15, -0.1) is 0 Å². The second kappa shape index (κ2) is 5.84. The smallest absolute Gasteiger partial charge is 0.124 e. The molecular weight excluding hydrogens is 302 g/mol. The third-order valence-electron chi connectivity index (χ3n) is 4.58. The highest BCUT2D eigenvalue weighted by molar-refractivity contribution is 9.10. The van der Waals surface area contributed by atoms with Crippen LogP contribution in [0.25, 0.3) is 0 Å². The zero-order chi connectivity index (χ0) is 13.2. The molecule has 3 rings (SSSR count). The summed E-state index contributed by atoms with van der Waals surface area (Å²) in [5.74, 6) is 1.91. The van der Waals surface area contributed by atoms with E-state index in [1.165, 1.54) is 31.2 Å². The van der Waals surface area contributed by atoms with Gasteiger partial charge in [0, 0.05) is 28.5 Å². The first kappa shape index (κ1) is 13.4. The summed E-state index contributed by atoms with van der Waals surface area (Å²) in [6, 6.07) is 7.39. The van der Waals surface area contributed by atoms with Crippen LogP contribution in [0.4, 0.5) is 0 Å². The van der Waals surface area contributed by atoms with Gasteiger partial charge in [0.15, 0.2) is 0 Å². The van der Waals surface area contributed by atoms with Crippen LogP contribution in [0.15, 0.2) is 22.7 Å². The summed E-state index contributed by atoms with van der Waals surface area (Å²) >= 11 is 3.57. The molecule has 2 atom stereocenters. The molecule has 104 valence electrons. The molecule has 0 aromatic heterocycles. The van der Waals surface area contributed by atoms with Crippen LogP contribution in [-0.2, 0) is 0 Å². The molecule has 2 nitrogen and oxygen atoms in total. The third-order valence-corrected chi connectivity index (χ3v) is 5.08. The number of rotatable bonds is 3. The summed E-state index contributed by atoms with van der Waals surface area (Å²) in [4.78, 5) is 0. The van der Waals surface area contributed by atoms with Gasteiger partial charge in [-0.1, -0.05) is 28.8 Å². The van der Waals surface area contributed by atoms with Crippen molar-refractivity contribution >= 4 is 15.9 Å². The Hall–Kier alpha value is -0.540. The Kier molecular flexibility index (Phi) is 4.13. The molecule has 2 aliphatic rings. The van der Waals surface area contributed by atoms with Crippen molar-refractivity contribution in [2.24, 2.45) is 5.92 Å². The minimum atomic E-state index is 0.442. The van der Waals surface area contributed by atoms with Crippen molar-refractivity contribution in [3.8, 4) is 5.75 Å². The van der Waals surface area contributed by atoms with Gasteiger partial charge in [-0.05, 0) is 43.9 Å². The number of hydrogen-bond donors (Lipinski definition) is 1. The van der Waals surface area contributed by atoms with Crippen LogP contribution in [0.2, 0.25) is 0 Å². The first-order chi connectivity index (χ1) is 9.24. The van der Waals surface area contributed by atoms with Gasteiger partial charge in [0.25, 0.3) is 0 Å². The molecule has 1 aliphatic carbocycles. The number of nitrogens with one attached hydrogen (secondary N) is 1. The maximum absolute atomic E-state index is 5.75. The summed E-state index contributed by atoms with van der Waals surface area (Å²) in [5, 5.41) is 3.84. The van der Waals surface area contributed by atoms with Crippen LogP contribution >= 0.6 is 15.9 Å². The Morgan fingerprint density at radius 1 is 1.26 bits per heavy atom. The van der Waals surface area contributed by atoms with Crippen LogP contribution in [0.1, 0.15) is 50.6 Å². The van der Waals surface area contributed by atoms with E-state index in [0.29, 0.717) is 12.1 Å². The van der Waals surface area contributed by atoms with E-state index in [0.717, 1.165) is 29.2 Å². The van der Waals surface area contributed by atoms with E-state index in [2.05, 4.69) is 46.4 Å². The molecule has 1 aromatic rings. The quantitative estimate of drug-likeness (QED) is 0.887. The Labute approximate surface area is 124 Å². The number of halogens is 1. The van der Waals surface area contributed by atoms with E-state index in [1.807, 2.05) is 0 Å². The molecule has 0 saturated heterocycles. The first-order valence-corrected chi connectivity index (χ1v) is 8.21. The van der Waals surface area contributed by atoms with E-state index in [9.17, 15) is 0 Å². The normalized spacial score (nSPS) is 24.8. The van der Waals surface area contributed by atoms with Crippen LogP contribution in [-0.4, -0.2) is 12.6 Å². The number of benzene rings is 1. The van der Waals surface area contributed by atoms with Gasteiger partial charge in [0.1, 0.15) is 5.75 Å². The molecule has 1 fully saturated rings. The standard InChI is InChI=1S/C16H22BrNO/c1-11(12-4-2-3-5-12)18-15-8-9-19-16-7-6-13(17)10-14(15)16/h6-7,10-12,15,18H,2-5,8-9H2,1H3/t11-,15?/m0/s1. The predicted molar refractivity (Wildman–Crippen MR) is 81.6 cm³/mol. The van der Waals surface area contributed by atoms with E-state index >= 15 is 0 Å². The molecular formula is C16H22BrNO. The fourth-order valence-corrected chi connectivity index (χ4v) is 3.83. The molecule has 3 heteroatoms. The van der Waals surface area contributed by atoms with Crippen LogP contribution in [0, 0.1) is 5.92 Å². The number of ether oxygens (including phenoxy) is 1. The molecule has 1 heterocycles. The van der Waals surface area contributed by atoms with Gasteiger partial charge in [-0.2, -0.15) is 0 Å². The van der Waals surface area contributed by atoms with E-state index in [4.69, 9.17) is 4.74 Å². The third kappa shape index (κ3) is 2.97. The zero-order valence-corrected chi connectivity index (χ0v) is 13.1. The molecule has 19 heavy (non-hydrogen) atoms. The van der Waals surface area contributed by atoms with Crippen molar-refractivity contribution in [1.29, 1.82) is 0 Å². The second-order valence-corrected chi connectivity index (χ2v) is 6.79. The highest BCUT2D eigenvalue weighted by Gasteiger charge is 2.27. The molecule has 0 radical (unpaired) electrons. The average Bonchev–Trinajstić information content (AvgIpc) is 2.93. The topological polar surface area (TPSA) is 21.3 Å². The summed E-state index contributed by atoms with van der Waals surface area (Å²) in [7, 11) is 0. The highest BCUT2D eigenvalue weighted by Crippen LogP contribution is 2.36. The van der Waals surface area contributed by atoms with Gasteiger partial charge in [-0.3, -0.25) is 0 Å². The van der Waals surface area contributed by atoms with Crippen molar-refractivity contribution in [1.82, 2.24) is 5.32 Å². The molecule has 1 N–H and O–H groups in total. The fraction of sp³-hybridized carbons (Fsp3) is 0.625. The lowest BCUT2D eigenvalue weighted by molar-refractivity contribution is 0.233. The number of fused-ring (bicyclic) bond motifs is 1. The van der Waals surface area contributed by atoms with E-state index < -0.39 is 0 Å². The van der Waals surface area contributed by atoms with Crippen molar-refractivity contribution < 1.29 is 4.74 Å². The minimum Gasteiger partial charge on any atom is -0.493 e. The minimum absolute atomic E-state index is 0.442. The summed E-state index contributed by atoms with van der Waals surface area (Å²) < 4.78 is 6.89. The lowest BCUT2D eigenvalue weighted by atomic mass is 9.95. The van der Waals surface area contributed by atoms with Gasteiger partial charge in [0.05, 0.1) is 6.61 Å². The highest BCUT2D eigenvalue weighted by atomic mass is 79.9. The van der Waals surface area contributed by atoms with Crippen LogP contribution in [0.5, 0.6) is 5.75 Å².